The molecule has 8 heteroatoms. The standard InChI is InChI=1S/C14H8F3N3O2/c15-14(16,17)9-3-1-2-8(6-9)10-4-5-18-12-11(13(21)22)19-7-20(10)12/h1-7H,(H,21,22). The molecule has 3 aromatic rings. The van der Waals surface area contributed by atoms with E-state index in [1.807, 2.05) is 0 Å². The molecule has 0 atom stereocenters. The molecule has 0 spiro atoms. The van der Waals surface area contributed by atoms with E-state index >= 15 is 0 Å². The third kappa shape index (κ3) is 2.28. The Morgan fingerprint density at radius 1 is 1.18 bits per heavy atom. The molecule has 22 heavy (non-hydrogen) atoms. The first kappa shape index (κ1) is 14.1. The van der Waals surface area contributed by atoms with Gasteiger partial charge in [-0.2, -0.15) is 13.2 Å². The van der Waals surface area contributed by atoms with Crippen LogP contribution in [0.4, 0.5) is 13.2 Å². The van der Waals surface area contributed by atoms with Crippen molar-refractivity contribution in [3.63, 3.8) is 0 Å². The van der Waals surface area contributed by atoms with Gasteiger partial charge in [-0.05, 0) is 23.8 Å². The minimum atomic E-state index is -4.46. The summed E-state index contributed by atoms with van der Waals surface area (Å²) in [6.07, 6.45) is -1.90. The number of rotatable bonds is 2. The summed E-state index contributed by atoms with van der Waals surface area (Å²) in [4.78, 5) is 18.7. The molecule has 112 valence electrons. The number of hydrogen-bond acceptors (Lipinski definition) is 3. The molecule has 1 aromatic carbocycles. The quantitative estimate of drug-likeness (QED) is 0.790. The first-order valence-corrected chi connectivity index (χ1v) is 6.11. The van der Waals surface area contributed by atoms with Crippen LogP contribution in [0.25, 0.3) is 16.9 Å². The Morgan fingerprint density at radius 3 is 2.64 bits per heavy atom. The SMILES string of the molecule is O=C(O)c1ncn2c(-c3cccc(C(F)(F)F)c3)ccnc12. The van der Waals surface area contributed by atoms with Crippen LogP contribution in [-0.2, 0) is 6.18 Å². The summed E-state index contributed by atoms with van der Waals surface area (Å²) in [5.41, 5.74) is -0.308. The van der Waals surface area contributed by atoms with Gasteiger partial charge in [0.05, 0.1) is 11.3 Å². The number of aromatic nitrogens is 3. The van der Waals surface area contributed by atoms with Crippen molar-refractivity contribution in [1.82, 2.24) is 14.4 Å². The van der Waals surface area contributed by atoms with E-state index in [9.17, 15) is 18.0 Å². The number of nitrogens with zero attached hydrogens (tertiary/aromatic N) is 3. The van der Waals surface area contributed by atoms with Gasteiger partial charge >= 0.3 is 12.1 Å². The molecule has 1 N–H and O–H groups in total. The first-order valence-electron chi connectivity index (χ1n) is 6.11. The number of fused-ring (bicyclic) bond motifs is 1. The number of imidazole rings is 1. The normalized spacial score (nSPS) is 11.8. The van der Waals surface area contributed by atoms with Gasteiger partial charge in [0.25, 0.3) is 0 Å². The van der Waals surface area contributed by atoms with E-state index in [0.29, 0.717) is 5.69 Å². The average Bonchev–Trinajstić information content (AvgIpc) is 2.90. The summed E-state index contributed by atoms with van der Waals surface area (Å²) in [6.45, 7) is 0. The van der Waals surface area contributed by atoms with Crippen molar-refractivity contribution in [2.75, 3.05) is 0 Å². The number of hydrogen-bond donors (Lipinski definition) is 1. The first-order chi connectivity index (χ1) is 10.4. The van der Waals surface area contributed by atoms with Crippen molar-refractivity contribution in [3.8, 4) is 11.3 Å². The van der Waals surface area contributed by atoms with E-state index < -0.39 is 17.7 Å². The van der Waals surface area contributed by atoms with Gasteiger partial charge in [-0.1, -0.05) is 12.1 Å². The molecule has 3 rings (SSSR count). The molecule has 0 fully saturated rings. The predicted octanol–water partition coefficient (Wildman–Crippen LogP) is 3.11. The molecule has 0 saturated carbocycles. The molecule has 0 aliphatic rings. The Balaban J connectivity index is 2.21. The number of aromatic carboxylic acids is 1. The molecule has 5 nitrogen and oxygen atoms in total. The Bertz CT molecular complexity index is 871. The highest BCUT2D eigenvalue weighted by atomic mass is 19.4. The maximum atomic E-state index is 12.8. The zero-order valence-electron chi connectivity index (χ0n) is 10.9. The van der Waals surface area contributed by atoms with E-state index in [-0.39, 0.29) is 16.9 Å². The highest BCUT2D eigenvalue weighted by Gasteiger charge is 2.30. The fraction of sp³-hybridized carbons (Fsp3) is 0.0714. The van der Waals surface area contributed by atoms with Crippen molar-refractivity contribution >= 4 is 11.6 Å². The number of carboxylic acids is 1. The van der Waals surface area contributed by atoms with E-state index in [4.69, 9.17) is 5.11 Å². The second-order valence-corrected chi connectivity index (χ2v) is 4.50. The lowest BCUT2D eigenvalue weighted by Crippen LogP contribution is -2.05. The summed E-state index contributed by atoms with van der Waals surface area (Å²) < 4.78 is 39.7. The fourth-order valence-electron chi connectivity index (χ4n) is 2.14. The molecule has 0 aliphatic carbocycles. The van der Waals surface area contributed by atoms with E-state index in [2.05, 4.69) is 9.97 Å². The van der Waals surface area contributed by atoms with Gasteiger partial charge in [-0.3, -0.25) is 4.40 Å². The molecule has 0 aliphatic heterocycles. The van der Waals surface area contributed by atoms with Gasteiger partial charge in [-0.25, -0.2) is 14.8 Å². The van der Waals surface area contributed by atoms with Crippen LogP contribution in [0.2, 0.25) is 0 Å². The Morgan fingerprint density at radius 2 is 1.95 bits per heavy atom. The van der Waals surface area contributed by atoms with Crippen LogP contribution >= 0.6 is 0 Å². The van der Waals surface area contributed by atoms with Crippen LogP contribution in [0.5, 0.6) is 0 Å². The van der Waals surface area contributed by atoms with Gasteiger partial charge < -0.3 is 5.11 Å². The Kier molecular flexibility index (Phi) is 3.09. The molecule has 0 unspecified atom stereocenters. The monoisotopic (exact) mass is 307 g/mol. The number of alkyl halides is 3. The van der Waals surface area contributed by atoms with Crippen molar-refractivity contribution < 1.29 is 23.1 Å². The van der Waals surface area contributed by atoms with Gasteiger partial charge in [0, 0.05) is 6.20 Å². The van der Waals surface area contributed by atoms with Crippen LogP contribution in [0.15, 0.2) is 42.9 Å². The second-order valence-electron chi connectivity index (χ2n) is 4.50. The maximum Gasteiger partial charge on any atom is 0.416 e. The summed E-state index contributed by atoms with van der Waals surface area (Å²) in [7, 11) is 0. The molecule has 0 amide bonds. The van der Waals surface area contributed by atoms with Crippen molar-refractivity contribution in [3.05, 3.63) is 54.1 Å². The predicted molar refractivity (Wildman–Crippen MR) is 70.4 cm³/mol. The summed E-state index contributed by atoms with van der Waals surface area (Å²) >= 11 is 0. The fourth-order valence-corrected chi connectivity index (χ4v) is 2.14. The zero-order valence-corrected chi connectivity index (χ0v) is 10.9. The Hall–Kier alpha value is -2.90. The third-order valence-corrected chi connectivity index (χ3v) is 3.12. The molecule has 2 heterocycles. The summed E-state index contributed by atoms with van der Waals surface area (Å²) in [6, 6.07) is 6.26. The lowest BCUT2D eigenvalue weighted by atomic mass is 10.1. The topological polar surface area (TPSA) is 67.5 Å². The van der Waals surface area contributed by atoms with Gasteiger partial charge in [-0.15, -0.1) is 0 Å². The molecule has 0 radical (unpaired) electrons. The average molecular weight is 307 g/mol. The molecule has 2 aromatic heterocycles. The van der Waals surface area contributed by atoms with Crippen molar-refractivity contribution in [2.45, 2.75) is 6.18 Å². The lowest BCUT2D eigenvalue weighted by molar-refractivity contribution is -0.137. The number of carbonyl (C=O) groups is 1. The smallest absolute Gasteiger partial charge is 0.416 e. The highest BCUT2D eigenvalue weighted by molar-refractivity contribution is 5.92. The van der Waals surface area contributed by atoms with Crippen molar-refractivity contribution in [1.29, 1.82) is 0 Å². The van der Waals surface area contributed by atoms with Crippen LogP contribution < -0.4 is 0 Å². The molecule has 0 saturated heterocycles. The molecular formula is C14H8F3N3O2. The van der Waals surface area contributed by atoms with Gasteiger partial charge in [0.1, 0.15) is 6.33 Å². The Labute approximate surface area is 121 Å². The number of carboxylic acid groups (broad SMARTS) is 1. The van der Waals surface area contributed by atoms with Crippen molar-refractivity contribution in [2.24, 2.45) is 0 Å². The largest absolute Gasteiger partial charge is 0.476 e. The van der Waals surface area contributed by atoms with Crippen LogP contribution in [0, 0.1) is 0 Å². The van der Waals surface area contributed by atoms with E-state index in [1.54, 1.807) is 0 Å². The van der Waals surface area contributed by atoms with Gasteiger partial charge in [0.15, 0.2) is 11.3 Å². The second kappa shape index (κ2) is 4.83. The molecule has 0 bridgehead atoms. The highest BCUT2D eigenvalue weighted by Crippen LogP contribution is 2.32. The summed E-state index contributed by atoms with van der Waals surface area (Å²) in [5, 5.41) is 9.02. The van der Waals surface area contributed by atoms with Crippen LogP contribution in [0.3, 0.4) is 0 Å². The number of benzene rings is 1. The van der Waals surface area contributed by atoms with Crippen LogP contribution in [-0.4, -0.2) is 25.4 Å². The number of halogens is 3. The van der Waals surface area contributed by atoms with Crippen LogP contribution in [0.1, 0.15) is 16.1 Å². The lowest BCUT2D eigenvalue weighted by Gasteiger charge is -2.10. The third-order valence-electron chi connectivity index (χ3n) is 3.12. The minimum absolute atomic E-state index is 0.0717. The summed E-state index contributed by atoms with van der Waals surface area (Å²) in [5.74, 6) is -1.25. The van der Waals surface area contributed by atoms with E-state index in [1.165, 1.54) is 35.1 Å². The maximum absolute atomic E-state index is 12.8. The zero-order chi connectivity index (χ0) is 15.9. The van der Waals surface area contributed by atoms with E-state index in [0.717, 1.165) is 12.1 Å². The van der Waals surface area contributed by atoms with Gasteiger partial charge in [0.2, 0.25) is 0 Å². The molecular weight excluding hydrogens is 299 g/mol. The minimum Gasteiger partial charge on any atom is -0.476 e.